The third kappa shape index (κ3) is 5.27. The molecule has 0 aliphatic heterocycles. The molecule has 0 aliphatic carbocycles. The fraction of sp³-hybridized carbons (Fsp3) is 0.316. The monoisotopic (exact) mass is 393 g/mol. The van der Waals surface area contributed by atoms with E-state index < -0.39 is 28.5 Å². The largest absolute Gasteiger partial charge is 0.354 e. The van der Waals surface area contributed by atoms with E-state index in [9.17, 15) is 17.6 Å². The quantitative estimate of drug-likeness (QED) is 0.749. The van der Waals surface area contributed by atoms with E-state index in [1.807, 2.05) is 37.3 Å². The summed E-state index contributed by atoms with van der Waals surface area (Å²) in [5.74, 6) is -1.16. The molecule has 2 aromatic carbocycles. The molecule has 0 saturated heterocycles. The molecule has 0 aliphatic rings. The van der Waals surface area contributed by atoms with Crippen LogP contribution in [0.3, 0.4) is 0 Å². The first-order valence-corrected chi connectivity index (χ1v) is 9.89. The smallest absolute Gasteiger partial charge is 0.304 e. The van der Waals surface area contributed by atoms with Crippen LogP contribution in [0.15, 0.2) is 54.6 Å². The fourth-order valence-corrected chi connectivity index (χ4v) is 3.57. The maximum absolute atomic E-state index is 14.2. The Balaban J connectivity index is 2.13. The lowest BCUT2D eigenvalue weighted by Crippen LogP contribution is -2.46. The molecular weight excluding hydrogens is 369 g/mol. The van der Waals surface area contributed by atoms with Gasteiger partial charge < -0.3 is 5.32 Å². The van der Waals surface area contributed by atoms with Gasteiger partial charge in [-0.15, -0.1) is 0 Å². The summed E-state index contributed by atoms with van der Waals surface area (Å²) in [6, 6.07) is 15.1. The first-order valence-electron chi connectivity index (χ1n) is 8.50. The summed E-state index contributed by atoms with van der Waals surface area (Å²) in [7, 11) is -1.37. The third-order valence-corrected chi connectivity index (χ3v) is 5.93. The van der Waals surface area contributed by atoms with E-state index in [1.165, 1.54) is 32.3 Å². The van der Waals surface area contributed by atoms with Gasteiger partial charge in [-0.3, -0.25) is 4.79 Å². The molecule has 2 rings (SSSR count). The van der Waals surface area contributed by atoms with E-state index in [0.29, 0.717) is 6.54 Å². The van der Waals surface area contributed by atoms with Crippen molar-refractivity contribution in [3.8, 4) is 0 Å². The molecule has 1 atom stereocenters. The van der Waals surface area contributed by atoms with Gasteiger partial charge in [-0.2, -0.15) is 12.7 Å². The molecule has 1 N–H and O–H groups in total. The lowest BCUT2D eigenvalue weighted by atomic mass is 10.0. The van der Waals surface area contributed by atoms with Gasteiger partial charge in [0.25, 0.3) is 0 Å². The first kappa shape index (κ1) is 20.9. The van der Waals surface area contributed by atoms with Gasteiger partial charge in [0.1, 0.15) is 12.4 Å². The number of amides is 1. The Morgan fingerprint density at radius 2 is 1.67 bits per heavy atom. The minimum atomic E-state index is -4.03. The van der Waals surface area contributed by atoms with Gasteiger partial charge in [0.2, 0.25) is 5.91 Å². The van der Waals surface area contributed by atoms with Crippen LogP contribution in [0.4, 0.5) is 10.1 Å². The van der Waals surface area contributed by atoms with Crippen LogP contribution in [0.25, 0.3) is 0 Å². The molecule has 27 heavy (non-hydrogen) atoms. The molecule has 0 bridgehead atoms. The maximum atomic E-state index is 14.2. The van der Waals surface area contributed by atoms with Crippen LogP contribution in [0.2, 0.25) is 0 Å². The highest BCUT2D eigenvalue weighted by molar-refractivity contribution is 7.90. The Morgan fingerprint density at radius 1 is 1.07 bits per heavy atom. The normalized spacial score (nSPS) is 12.6. The zero-order valence-electron chi connectivity index (χ0n) is 15.6. The predicted molar refractivity (Wildman–Crippen MR) is 104 cm³/mol. The van der Waals surface area contributed by atoms with Crippen molar-refractivity contribution in [2.75, 3.05) is 31.5 Å². The molecule has 0 saturated carbocycles. The predicted octanol–water partition coefficient (Wildman–Crippen LogP) is 2.36. The van der Waals surface area contributed by atoms with Crippen LogP contribution in [0, 0.1) is 5.82 Å². The molecule has 6 nitrogen and oxygen atoms in total. The summed E-state index contributed by atoms with van der Waals surface area (Å²) < 4.78 is 41.0. The van der Waals surface area contributed by atoms with Crippen molar-refractivity contribution in [2.24, 2.45) is 0 Å². The van der Waals surface area contributed by atoms with Crippen LogP contribution >= 0.6 is 0 Å². The Labute approximate surface area is 159 Å². The summed E-state index contributed by atoms with van der Waals surface area (Å²) in [5, 5.41) is 2.73. The van der Waals surface area contributed by atoms with Gasteiger partial charge >= 0.3 is 10.2 Å². The standard InChI is InChI=1S/C19H24FN3O3S/c1-15(16-9-5-4-6-10-16)13-21-19(24)14-23(27(25,26)22(2)3)18-12-8-7-11-17(18)20/h4-12,15H,13-14H2,1-3H3,(H,21,24)/t15-/m0/s1. The van der Waals surface area contributed by atoms with Crippen molar-refractivity contribution in [1.29, 1.82) is 0 Å². The third-order valence-electron chi connectivity index (χ3n) is 4.12. The first-order chi connectivity index (χ1) is 12.7. The number of hydrogen-bond acceptors (Lipinski definition) is 3. The summed E-state index contributed by atoms with van der Waals surface area (Å²) in [6.07, 6.45) is 0. The molecule has 146 valence electrons. The van der Waals surface area contributed by atoms with Gasteiger partial charge in [0.05, 0.1) is 5.69 Å². The Hall–Kier alpha value is -2.45. The summed E-state index contributed by atoms with van der Waals surface area (Å²) in [5.41, 5.74) is 0.891. The fourth-order valence-electron chi connectivity index (χ4n) is 2.49. The number of nitrogens with one attached hydrogen (secondary N) is 1. The molecule has 0 heterocycles. The Morgan fingerprint density at radius 3 is 2.26 bits per heavy atom. The minimum absolute atomic E-state index is 0.0579. The average molecular weight is 393 g/mol. The zero-order chi connectivity index (χ0) is 20.0. The number of halogens is 1. The number of anilines is 1. The average Bonchev–Trinajstić information content (AvgIpc) is 2.65. The SMILES string of the molecule is C[C@@H](CNC(=O)CN(c1ccccc1F)S(=O)(=O)N(C)C)c1ccccc1. The highest BCUT2D eigenvalue weighted by Gasteiger charge is 2.29. The highest BCUT2D eigenvalue weighted by atomic mass is 32.2. The van der Waals surface area contributed by atoms with Crippen LogP contribution in [0.1, 0.15) is 18.4 Å². The lowest BCUT2D eigenvalue weighted by Gasteiger charge is -2.27. The molecule has 0 aromatic heterocycles. The zero-order valence-corrected chi connectivity index (χ0v) is 16.4. The van der Waals surface area contributed by atoms with Crippen molar-refractivity contribution >= 4 is 21.8 Å². The molecule has 0 fully saturated rings. The van der Waals surface area contributed by atoms with Gasteiger partial charge in [-0.1, -0.05) is 49.4 Å². The van der Waals surface area contributed by atoms with Crippen LogP contribution in [0.5, 0.6) is 0 Å². The van der Waals surface area contributed by atoms with E-state index in [4.69, 9.17) is 0 Å². The second kappa shape index (κ2) is 8.96. The van der Waals surface area contributed by atoms with Gasteiger partial charge in [0, 0.05) is 20.6 Å². The van der Waals surface area contributed by atoms with E-state index in [2.05, 4.69) is 5.32 Å². The summed E-state index contributed by atoms with van der Waals surface area (Å²) >= 11 is 0. The lowest BCUT2D eigenvalue weighted by molar-refractivity contribution is -0.119. The van der Waals surface area contributed by atoms with Crippen molar-refractivity contribution in [1.82, 2.24) is 9.62 Å². The van der Waals surface area contributed by atoms with Gasteiger partial charge in [-0.25, -0.2) is 8.70 Å². The minimum Gasteiger partial charge on any atom is -0.354 e. The molecule has 2 aromatic rings. The van der Waals surface area contributed by atoms with E-state index in [1.54, 1.807) is 0 Å². The number of para-hydroxylation sites is 1. The van der Waals surface area contributed by atoms with E-state index in [0.717, 1.165) is 20.2 Å². The van der Waals surface area contributed by atoms with Crippen molar-refractivity contribution in [3.63, 3.8) is 0 Å². The summed E-state index contributed by atoms with van der Waals surface area (Å²) in [6.45, 7) is 1.79. The van der Waals surface area contributed by atoms with Crippen LogP contribution < -0.4 is 9.62 Å². The Bertz CT molecular complexity index is 873. The van der Waals surface area contributed by atoms with Crippen LogP contribution in [-0.4, -0.2) is 45.8 Å². The second-order valence-electron chi connectivity index (χ2n) is 6.36. The van der Waals surface area contributed by atoms with Crippen LogP contribution in [-0.2, 0) is 15.0 Å². The van der Waals surface area contributed by atoms with E-state index in [-0.39, 0.29) is 11.6 Å². The van der Waals surface area contributed by atoms with Gasteiger partial charge in [0.15, 0.2) is 0 Å². The van der Waals surface area contributed by atoms with Crippen molar-refractivity contribution < 1.29 is 17.6 Å². The number of benzene rings is 2. The van der Waals surface area contributed by atoms with E-state index >= 15 is 0 Å². The highest BCUT2D eigenvalue weighted by Crippen LogP contribution is 2.22. The number of hydrogen-bond donors (Lipinski definition) is 1. The maximum Gasteiger partial charge on any atom is 0.304 e. The second-order valence-corrected chi connectivity index (χ2v) is 8.43. The molecule has 8 heteroatoms. The molecule has 0 radical (unpaired) electrons. The molecule has 0 spiro atoms. The topological polar surface area (TPSA) is 69.7 Å². The molecule has 0 unspecified atom stereocenters. The van der Waals surface area contributed by atoms with Crippen molar-refractivity contribution in [2.45, 2.75) is 12.8 Å². The van der Waals surface area contributed by atoms with Crippen molar-refractivity contribution in [3.05, 3.63) is 66.0 Å². The molecule has 1 amide bonds. The van der Waals surface area contributed by atoms with Gasteiger partial charge in [-0.05, 0) is 23.6 Å². The number of carbonyl (C=O) groups excluding carboxylic acids is 1. The molecular formula is C19H24FN3O3S. The number of carbonyl (C=O) groups is 1. The Kier molecular flexibility index (Phi) is 6.92. The number of nitrogens with zero attached hydrogens (tertiary/aromatic N) is 2. The number of rotatable bonds is 8. The summed E-state index contributed by atoms with van der Waals surface area (Å²) in [4.78, 5) is 12.4.